The number of esters is 2. The van der Waals surface area contributed by atoms with Gasteiger partial charge in [-0.3, -0.25) is 9.59 Å². The first kappa shape index (κ1) is 61.3. The molecule has 1 unspecified atom stereocenters. The fourth-order valence-electron chi connectivity index (χ4n) is 7.66. The Bertz CT molecular complexity index is 1150. The van der Waals surface area contributed by atoms with Gasteiger partial charge in [-0.05, 0) is 83.5 Å². The molecule has 0 aliphatic heterocycles. The number of carbonyl (C=O) groups excluding carboxylic acids is 2. The quantitative estimate of drug-likeness (QED) is 0.0346. The fraction of sp³-hybridized carbons (Fsp3) is 0.763. The molecule has 64 heavy (non-hydrogen) atoms. The SMILES string of the molecule is CC/C=C\C/C=C\C/C=C\C/C=C\C/C=C\CCCC(=O)OC(COCCCCCCCCCCCCCC)COC(=O)CCCCCCCCCCC/C=C\CCCCCCCC. The summed E-state index contributed by atoms with van der Waals surface area (Å²) in [5, 5.41) is 0. The number of unbranched alkanes of at least 4 members (excludes halogenated alkanes) is 27. The van der Waals surface area contributed by atoms with Gasteiger partial charge in [-0.1, -0.05) is 241 Å². The number of hydrogen-bond acceptors (Lipinski definition) is 5. The van der Waals surface area contributed by atoms with Crippen molar-refractivity contribution >= 4 is 11.9 Å². The third-order valence-electron chi connectivity index (χ3n) is 11.7. The maximum Gasteiger partial charge on any atom is 0.306 e. The molecule has 0 saturated carbocycles. The maximum atomic E-state index is 12.8. The molecule has 0 N–H and O–H groups in total. The van der Waals surface area contributed by atoms with Crippen molar-refractivity contribution in [3.05, 3.63) is 72.9 Å². The molecular formula is C59H104O5. The van der Waals surface area contributed by atoms with E-state index in [1.807, 2.05) is 0 Å². The molecule has 0 saturated heterocycles. The van der Waals surface area contributed by atoms with Crippen molar-refractivity contribution < 1.29 is 23.8 Å². The fourth-order valence-corrected chi connectivity index (χ4v) is 7.66. The normalized spacial score (nSPS) is 12.7. The Morgan fingerprint density at radius 3 is 1.19 bits per heavy atom. The Labute approximate surface area is 397 Å². The second-order valence-corrected chi connectivity index (χ2v) is 18.1. The number of rotatable bonds is 50. The van der Waals surface area contributed by atoms with E-state index in [1.165, 1.54) is 161 Å². The van der Waals surface area contributed by atoms with Gasteiger partial charge in [-0.15, -0.1) is 0 Å². The maximum absolute atomic E-state index is 12.8. The summed E-state index contributed by atoms with van der Waals surface area (Å²) in [7, 11) is 0. The molecule has 0 spiro atoms. The third kappa shape index (κ3) is 52.0. The van der Waals surface area contributed by atoms with Gasteiger partial charge in [0.1, 0.15) is 6.61 Å². The summed E-state index contributed by atoms with van der Waals surface area (Å²) in [4.78, 5) is 25.4. The molecule has 1 atom stereocenters. The van der Waals surface area contributed by atoms with E-state index in [0.717, 1.165) is 70.6 Å². The van der Waals surface area contributed by atoms with Gasteiger partial charge >= 0.3 is 11.9 Å². The molecule has 0 rings (SSSR count). The zero-order valence-electron chi connectivity index (χ0n) is 42.5. The van der Waals surface area contributed by atoms with Crippen LogP contribution in [0.25, 0.3) is 0 Å². The van der Waals surface area contributed by atoms with Crippen molar-refractivity contribution in [2.45, 2.75) is 271 Å². The van der Waals surface area contributed by atoms with Crippen LogP contribution in [0.1, 0.15) is 265 Å². The van der Waals surface area contributed by atoms with Crippen LogP contribution in [0.5, 0.6) is 0 Å². The average molecular weight is 893 g/mol. The van der Waals surface area contributed by atoms with E-state index in [2.05, 4.69) is 93.7 Å². The number of hydrogen-bond donors (Lipinski definition) is 0. The minimum Gasteiger partial charge on any atom is -0.462 e. The van der Waals surface area contributed by atoms with Gasteiger partial charge in [0.2, 0.25) is 0 Å². The van der Waals surface area contributed by atoms with E-state index >= 15 is 0 Å². The molecule has 5 nitrogen and oxygen atoms in total. The second-order valence-electron chi connectivity index (χ2n) is 18.1. The van der Waals surface area contributed by atoms with E-state index in [4.69, 9.17) is 14.2 Å². The van der Waals surface area contributed by atoms with Crippen LogP contribution in [0.4, 0.5) is 0 Å². The van der Waals surface area contributed by atoms with Crippen molar-refractivity contribution in [2.24, 2.45) is 0 Å². The molecule has 0 aromatic carbocycles. The lowest BCUT2D eigenvalue weighted by atomic mass is 10.1. The number of allylic oxidation sites excluding steroid dienone is 12. The van der Waals surface area contributed by atoms with Crippen LogP contribution >= 0.6 is 0 Å². The summed E-state index contributed by atoms with van der Waals surface area (Å²) in [5.41, 5.74) is 0. The Morgan fingerprint density at radius 1 is 0.359 bits per heavy atom. The Kier molecular flexibility index (Phi) is 52.4. The highest BCUT2D eigenvalue weighted by molar-refractivity contribution is 5.70. The Balaban J connectivity index is 4.31. The van der Waals surface area contributed by atoms with Gasteiger partial charge in [-0.25, -0.2) is 0 Å². The topological polar surface area (TPSA) is 61.8 Å². The third-order valence-corrected chi connectivity index (χ3v) is 11.7. The van der Waals surface area contributed by atoms with Crippen LogP contribution in [0, 0.1) is 0 Å². The molecule has 0 fully saturated rings. The summed E-state index contributed by atoms with van der Waals surface area (Å²) >= 11 is 0. The lowest BCUT2D eigenvalue weighted by Gasteiger charge is -2.18. The summed E-state index contributed by atoms with van der Waals surface area (Å²) in [5.74, 6) is -0.459. The predicted octanol–water partition coefficient (Wildman–Crippen LogP) is 18.7. The molecule has 0 bridgehead atoms. The first-order chi connectivity index (χ1) is 31.6. The van der Waals surface area contributed by atoms with E-state index in [1.54, 1.807) is 0 Å². The van der Waals surface area contributed by atoms with Gasteiger partial charge in [-0.2, -0.15) is 0 Å². The lowest BCUT2D eigenvalue weighted by molar-refractivity contribution is -0.162. The smallest absolute Gasteiger partial charge is 0.306 e. The summed E-state index contributed by atoms with van der Waals surface area (Å²) in [6.07, 6.45) is 70.6. The van der Waals surface area contributed by atoms with Gasteiger partial charge in [0.05, 0.1) is 6.61 Å². The highest BCUT2D eigenvalue weighted by atomic mass is 16.6. The van der Waals surface area contributed by atoms with Crippen LogP contribution in [-0.4, -0.2) is 37.9 Å². The largest absolute Gasteiger partial charge is 0.462 e. The standard InChI is InChI=1S/C59H104O5/c1-4-7-10-13-16-19-22-25-27-29-30-32-33-35-37-40-43-46-49-52-58(60)63-56-57(55-62-54-51-48-45-42-39-24-21-18-15-12-9-6-3)64-59(61)53-50-47-44-41-38-36-34-31-28-26-23-20-17-14-11-8-5-2/h8,11,17,20,25-28,34,36,41,44,57H,4-7,9-10,12-16,18-19,21-24,29-33,35,37-40,42-43,45-56H2,1-3H3/b11-8-,20-17-,27-25-,28-26-,36-34-,44-41-. The van der Waals surface area contributed by atoms with Crippen LogP contribution in [0.2, 0.25) is 0 Å². The Hall–Kier alpha value is -2.66. The van der Waals surface area contributed by atoms with E-state index in [9.17, 15) is 9.59 Å². The Morgan fingerprint density at radius 2 is 0.719 bits per heavy atom. The van der Waals surface area contributed by atoms with Gasteiger partial charge in [0.15, 0.2) is 6.10 Å². The molecule has 0 amide bonds. The molecule has 5 heteroatoms. The molecular weight excluding hydrogens is 789 g/mol. The summed E-state index contributed by atoms with van der Waals surface area (Å²) < 4.78 is 17.4. The van der Waals surface area contributed by atoms with Crippen LogP contribution in [0.3, 0.4) is 0 Å². The highest BCUT2D eigenvalue weighted by Crippen LogP contribution is 2.15. The predicted molar refractivity (Wildman–Crippen MR) is 279 cm³/mol. The van der Waals surface area contributed by atoms with Crippen molar-refractivity contribution in [1.82, 2.24) is 0 Å². The molecule has 0 radical (unpaired) electrons. The molecule has 0 aliphatic carbocycles. The van der Waals surface area contributed by atoms with Gasteiger partial charge in [0.25, 0.3) is 0 Å². The minimum atomic E-state index is -0.566. The monoisotopic (exact) mass is 893 g/mol. The van der Waals surface area contributed by atoms with Gasteiger partial charge in [0, 0.05) is 19.4 Å². The molecule has 0 heterocycles. The van der Waals surface area contributed by atoms with E-state index in [-0.39, 0.29) is 25.2 Å². The first-order valence-corrected chi connectivity index (χ1v) is 27.5. The van der Waals surface area contributed by atoms with Crippen molar-refractivity contribution in [1.29, 1.82) is 0 Å². The van der Waals surface area contributed by atoms with Crippen LogP contribution in [0.15, 0.2) is 72.9 Å². The first-order valence-electron chi connectivity index (χ1n) is 27.5. The van der Waals surface area contributed by atoms with Crippen LogP contribution in [-0.2, 0) is 23.8 Å². The lowest BCUT2D eigenvalue weighted by Crippen LogP contribution is -2.30. The van der Waals surface area contributed by atoms with Crippen molar-refractivity contribution in [3.8, 4) is 0 Å². The number of carbonyl (C=O) groups is 2. The summed E-state index contributed by atoms with van der Waals surface area (Å²) in [6.45, 7) is 7.68. The van der Waals surface area contributed by atoms with Crippen molar-refractivity contribution in [3.63, 3.8) is 0 Å². The highest BCUT2D eigenvalue weighted by Gasteiger charge is 2.17. The average Bonchev–Trinajstić information content (AvgIpc) is 3.30. The summed E-state index contributed by atoms with van der Waals surface area (Å²) in [6, 6.07) is 0. The molecule has 0 aromatic rings. The second kappa shape index (κ2) is 54.7. The number of ether oxygens (including phenoxy) is 3. The van der Waals surface area contributed by atoms with E-state index < -0.39 is 6.10 Å². The zero-order valence-corrected chi connectivity index (χ0v) is 42.5. The molecule has 0 aliphatic rings. The van der Waals surface area contributed by atoms with E-state index in [0.29, 0.717) is 19.4 Å². The zero-order chi connectivity index (χ0) is 46.3. The van der Waals surface area contributed by atoms with Crippen LogP contribution < -0.4 is 0 Å². The van der Waals surface area contributed by atoms with Crippen molar-refractivity contribution in [2.75, 3.05) is 19.8 Å². The molecule has 370 valence electrons. The molecule has 0 aromatic heterocycles. The minimum absolute atomic E-state index is 0.0622. The van der Waals surface area contributed by atoms with Gasteiger partial charge < -0.3 is 14.2 Å².